The summed E-state index contributed by atoms with van der Waals surface area (Å²) in [5.41, 5.74) is 0.359. The summed E-state index contributed by atoms with van der Waals surface area (Å²) in [6.07, 6.45) is 5.45. The summed E-state index contributed by atoms with van der Waals surface area (Å²) in [5, 5.41) is 3.57. The van der Waals surface area contributed by atoms with Gasteiger partial charge in [-0.3, -0.25) is 0 Å². The van der Waals surface area contributed by atoms with Crippen LogP contribution in [0.15, 0.2) is 0 Å². The Labute approximate surface area is 108 Å². The molecule has 17 heavy (non-hydrogen) atoms. The molecule has 0 radical (unpaired) electrons. The van der Waals surface area contributed by atoms with Crippen molar-refractivity contribution in [1.82, 2.24) is 5.32 Å². The van der Waals surface area contributed by atoms with E-state index in [4.69, 9.17) is 4.74 Å². The standard InChI is InChI=1S/C15H31NO/c1-12(11-16-14(2,3)4)7-8-13-9-10-15(5,6)17-13/h12-13,16H,7-11H2,1-6H3. The monoisotopic (exact) mass is 241 g/mol. The zero-order valence-electron chi connectivity index (χ0n) is 12.6. The zero-order chi connectivity index (χ0) is 13.1. The zero-order valence-corrected chi connectivity index (χ0v) is 12.6. The van der Waals surface area contributed by atoms with E-state index in [1.807, 2.05) is 0 Å². The molecule has 1 aliphatic heterocycles. The molecule has 1 aliphatic rings. The van der Waals surface area contributed by atoms with Gasteiger partial charge < -0.3 is 10.1 Å². The Kier molecular flexibility index (Phi) is 5.03. The summed E-state index contributed by atoms with van der Waals surface area (Å²) in [5.74, 6) is 0.738. The second-order valence-corrected chi connectivity index (χ2v) is 7.35. The average Bonchev–Trinajstić information content (AvgIpc) is 2.51. The topological polar surface area (TPSA) is 21.3 Å². The van der Waals surface area contributed by atoms with Gasteiger partial charge in [0.1, 0.15) is 0 Å². The van der Waals surface area contributed by atoms with E-state index in [0.29, 0.717) is 6.10 Å². The van der Waals surface area contributed by atoms with E-state index in [0.717, 1.165) is 12.5 Å². The molecular weight excluding hydrogens is 210 g/mol. The van der Waals surface area contributed by atoms with Crippen LogP contribution in [0, 0.1) is 5.92 Å². The lowest BCUT2D eigenvalue weighted by molar-refractivity contribution is -0.0202. The van der Waals surface area contributed by atoms with Crippen molar-refractivity contribution in [2.75, 3.05) is 6.54 Å². The first-order chi connectivity index (χ1) is 7.68. The van der Waals surface area contributed by atoms with Gasteiger partial charge in [0, 0.05) is 5.54 Å². The fraction of sp³-hybridized carbons (Fsp3) is 1.00. The molecule has 1 N–H and O–H groups in total. The third-order valence-corrected chi connectivity index (χ3v) is 3.52. The third-order valence-electron chi connectivity index (χ3n) is 3.52. The van der Waals surface area contributed by atoms with Crippen molar-refractivity contribution >= 4 is 0 Å². The summed E-state index contributed by atoms with van der Waals surface area (Å²) in [4.78, 5) is 0. The maximum atomic E-state index is 6.02. The van der Waals surface area contributed by atoms with E-state index in [1.54, 1.807) is 0 Å². The molecule has 2 unspecified atom stereocenters. The second kappa shape index (κ2) is 5.71. The largest absolute Gasteiger partial charge is 0.372 e. The van der Waals surface area contributed by atoms with Crippen LogP contribution in [0.25, 0.3) is 0 Å². The van der Waals surface area contributed by atoms with Crippen LogP contribution in [-0.4, -0.2) is 23.8 Å². The predicted molar refractivity (Wildman–Crippen MR) is 74.3 cm³/mol. The van der Waals surface area contributed by atoms with Crippen molar-refractivity contribution in [2.24, 2.45) is 5.92 Å². The van der Waals surface area contributed by atoms with Crippen LogP contribution < -0.4 is 5.32 Å². The number of rotatable bonds is 5. The lowest BCUT2D eigenvalue weighted by atomic mass is 9.99. The number of hydrogen-bond acceptors (Lipinski definition) is 2. The molecule has 0 aromatic heterocycles. The van der Waals surface area contributed by atoms with Crippen LogP contribution >= 0.6 is 0 Å². The Morgan fingerprint density at radius 1 is 1.35 bits per heavy atom. The Morgan fingerprint density at radius 3 is 2.47 bits per heavy atom. The molecular formula is C15H31NO. The van der Waals surface area contributed by atoms with Crippen LogP contribution in [0.1, 0.15) is 67.2 Å². The molecule has 0 amide bonds. The van der Waals surface area contributed by atoms with Crippen LogP contribution in [0.5, 0.6) is 0 Å². The molecule has 102 valence electrons. The first-order valence-corrected chi connectivity index (χ1v) is 7.11. The third kappa shape index (κ3) is 6.42. The lowest BCUT2D eigenvalue weighted by Crippen LogP contribution is -2.38. The van der Waals surface area contributed by atoms with Gasteiger partial charge in [-0.05, 0) is 72.8 Å². The molecule has 0 spiro atoms. The Balaban J connectivity index is 2.14. The summed E-state index contributed by atoms with van der Waals surface area (Å²) < 4.78 is 6.02. The fourth-order valence-corrected chi connectivity index (χ4v) is 2.33. The van der Waals surface area contributed by atoms with E-state index < -0.39 is 0 Å². The summed E-state index contributed by atoms with van der Waals surface area (Å²) in [6.45, 7) is 14.5. The molecule has 0 aliphatic carbocycles. The van der Waals surface area contributed by atoms with Gasteiger partial charge in [0.25, 0.3) is 0 Å². The molecule has 0 aromatic rings. The van der Waals surface area contributed by atoms with Crippen molar-refractivity contribution in [3.8, 4) is 0 Å². The highest BCUT2D eigenvalue weighted by molar-refractivity contribution is 4.81. The summed E-state index contributed by atoms with van der Waals surface area (Å²) >= 11 is 0. The van der Waals surface area contributed by atoms with E-state index in [9.17, 15) is 0 Å². The SMILES string of the molecule is CC(CCC1CCC(C)(C)O1)CNC(C)(C)C. The summed E-state index contributed by atoms with van der Waals surface area (Å²) in [6, 6.07) is 0. The van der Waals surface area contributed by atoms with Gasteiger partial charge in [-0.2, -0.15) is 0 Å². The van der Waals surface area contributed by atoms with Gasteiger partial charge >= 0.3 is 0 Å². The van der Waals surface area contributed by atoms with Crippen molar-refractivity contribution < 1.29 is 4.74 Å². The molecule has 1 saturated heterocycles. The molecule has 0 saturated carbocycles. The van der Waals surface area contributed by atoms with Crippen LogP contribution in [0.3, 0.4) is 0 Å². The van der Waals surface area contributed by atoms with Gasteiger partial charge in [-0.25, -0.2) is 0 Å². The first kappa shape index (κ1) is 15.0. The van der Waals surface area contributed by atoms with Crippen molar-refractivity contribution in [1.29, 1.82) is 0 Å². The molecule has 1 heterocycles. The first-order valence-electron chi connectivity index (χ1n) is 7.11. The minimum absolute atomic E-state index is 0.123. The highest BCUT2D eigenvalue weighted by Gasteiger charge is 2.31. The molecule has 0 bridgehead atoms. The number of hydrogen-bond donors (Lipinski definition) is 1. The van der Waals surface area contributed by atoms with Crippen molar-refractivity contribution in [2.45, 2.75) is 84.5 Å². The van der Waals surface area contributed by atoms with E-state index >= 15 is 0 Å². The van der Waals surface area contributed by atoms with Gasteiger partial charge in [-0.15, -0.1) is 0 Å². The van der Waals surface area contributed by atoms with Gasteiger partial charge in [-0.1, -0.05) is 6.92 Å². The second-order valence-electron chi connectivity index (χ2n) is 7.35. The molecule has 0 aromatic carbocycles. The summed E-state index contributed by atoms with van der Waals surface area (Å²) in [7, 11) is 0. The quantitative estimate of drug-likeness (QED) is 0.791. The van der Waals surface area contributed by atoms with Crippen molar-refractivity contribution in [3.63, 3.8) is 0 Å². The van der Waals surface area contributed by atoms with Gasteiger partial charge in [0.2, 0.25) is 0 Å². The highest BCUT2D eigenvalue weighted by Crippen LogP contribution is 2.32. The van der Waals surface area contributed by atoms with Crippen LogP contribution in [-0.2, 0) is 4.74 Å². The fourth-order valence-electron chi connectivity index (χ4n) is 2.33. The molecule has 1 fully saturated rings. The van der Waals surface area contributed by atoms with Crippen LogP contribution in [0.2, 0.25) is 0 Å². The Hall–Kier alpha value is -0.0800. The van der Waals surface area contributed by atoms with Gasteiger partial charge in [0.05, 0.1) is 11.7 Å². The van der Waals surface area contributed by atoms with Gasteiger partial charge in [0.15, 0.2) is 0 Å². The number of nitrogens with one attached hydrogen (secondary N) is 1. The average molecular weight is 241 g/mol. The molecule has 2 nitrogen and oxygen atoms in total. The lowest BCUT2D eigenvalue weighted by Gasteiger charge is -2.24. The minimum atomic E-state index is 0.123. The molecule has 2 atom stereocenters. The minimum Gasteiger partial charge on any atom is -0.372 e. The molecule has 2 heteroatoms. The van der Waals surface area contributed by atoms with Crippen LogP contribution in [0.4, 0.5) is 0 Å². The van der Waals surface area contributed by atoms with E-state index in [2.05, 4.69) is 46.9 Å². The predicted octanol–water partition coefficient (Wildman–Crippen LogP) is 3.75. The van der Waals surface area contributed by atoms with E-state index in [-0.39, 0.29) is 11.1 Å². The normalized spacial score (nSPS) is 26.1. The number of ether oxygens (including phenoxy) is 1. The smallest absolute Gasteiger partial charge is 0.0631 e. The maximum Gasteiger partial charge on any atom is 0.0631 e. The Morgan fingerprint density at radius 2 is 2.00 bits per heavy atom. The Bertz CT molecular complexity index is 230. The van der Waals surface area contributed by atoms with Crippen molar-refractivity contribution in [3.05, 3.63) is 0 Å². The molecule has 1 rings (SSSR count). The maximum absolute atomic E-state index is 6.02. The van der Waals surface area contributed by atoms with E-state index in [1.165, 1.54) is 25.7 Å². The highest BCUT2D eigenvalue weighted by atomic mass is 16.5.